The van der Waals surface area contributed by atoms with Crippen LogP contribution in [0, 0.1) is 5.92 Å². The van der Waals surface area contributed by atoms with Gasteiger partial charge in [-0.2, -0.15) is 0 Å². The van der Waals surface area contributed by atoms with Crippen LogP contribution in [-0.2, 0) is 4.79 Å². The van der Waals surface area contributed by atoms with E-state index in [2.05, 4.69) is 5.32 Å². The molecule has 6 heteroatoms. The number of amides is 2. The van der Waals surface area contributed by atoms with E-state index in [9.17, 15) is 9.59 Å². The second-order valence-electron chi connectivity index (χ2n) is 4.36. The van der Waals surface area contributed by atoms with E-state index in [0.29, 0.717) is 12.5 Å². The number of hydrogen-bond acceptors (Lipinski definition) is 3. The van der Waals surface area contributed by atoms with E-state index in [0.717, 1.165) is 6.54 Å². The predicted octanol–water partition coefficient (Wildman–Crippen LogP) is 0.263. The fourth-order valence-corrected chi connectivity index (χ4v) is 1.52. The highest BCUT2D eigenvalue weighted by molar-refractivity contribution is 5.74. The molecule has 3 N–H and O–H groups in total. The molecule has 1 aliphatic carbocycles. The number of nitrogens with zero attached hydrogens (tertiary/aromatic N) is 1. The Balaban J connectivity index is 2.19. The van der Waals surface area contributed by atoms with E-state index in [-0.39, 0.29) is 19.0 Å². The van der Waals surface area contributed by atoms with Crippen LogP contribution in [0.1, 0.15) is 26.2 Å². The zero-order valence-electron chi connectivity index (χ0n) is 10.1. The normalized spacial score (nSPS) is 16.4. The Morgan fingerprint density at radius 1 is 1.47 bits per heavy atom. The first-order valence-electron chi connectivity index (χ1n) is 5.98. The summed E-state index contributed by atoms with van der Waals surface area (Å²) in [5.74, 6) is -0.630. The number of carboxylic acids is 1. The Kier molecular flexibility index (Phi) is 5.21. The highest BCUT2D eigenvalue weighted by Gasteiger charge is 2.25. The average molecular weight is 244 g/mol. The number of urea groups is 1. The number of aliphatic hydroxyl groups excluding tert-OH is 1. The van der Waals surface area contributed by atoms with Gasteiger partial charge in [-0.15, -0.1) is 0 Å². The van der Waals surface area contributed by atoms with Crippen LogP contribution in [0.3, 0.4) is 0 Å². The lowest BCUT2D eigenvalue weighted by Gasteiger charge is -2.21. The van der Waals surface area contributed by atoms with Crippen molar-refractivity contribution < 1.29 is 19.8 Å². The fraction of sp³-hybridized carbons (Fsp3) is 0.818. The lowest BCUT2D eigenvalue weighted by molar-refractivity contribution is -0.146. The molecule has 1 atom stereocenters. The third-order valence-corrected chi connectivity index (χ3v) is 2.82. The number of aliphatic hydroxyl groups is 1. The molecule has 1 aliphatic rings. The molecule has 0 heterocycles. The van der Waals surface area contributed by atoms with Crippen molar-refractivity contribution in [1.82, 2.24) is 10.2 Å². The van der Waals surface area contributed by atoms with Gasteiger partial charge in [-0.25, -0.2) is 9.59 Å². The summed E-state index contributed by atoms with van der Waals surface area (Å²) < 4.78 is 0. The molecule has 1 rings (SSSR count). The highest BCUT2D eigenvalue weighted by atomic mass is 16.4. The Morgan fingerprint density at radius 2 is 2.12 bits per heavy atom. The van der Waals surface area contributed by atoms with Crippen LogP contribution in [0.25, 0.3) is 0 Å². The Hall–Kier alpha value is -1.30. The molecule has 2 amide bonds. The van der Waals surface area contributed by atoms with Crippen LogP contribution in [0.15, 0.2) is 0 Å². The van der Waals surface area contributed by atoms with Crippen molar-refractivity contribution in [3.05, 3.63) is 0 Å². The van der Waals surface area contributed by atoms with Crippen LogP contribution < -0.4 is 5.32 Å². The zero-order valence-corrected chi connectivity index (χ0v) is 10.1. The van der Waals surface area contributed by atoms with E-state index >= 15 is 0 Å². The Labute approximate surface area is 101 Å². The topological polar surface area (TPSA) is 89.9 Å². The summed E-state index contributed by atoms with van der Waals surface area (Å²) in [6.45, 7) is 3.50. The number of aliphatic carboxylic acids is 1. The Bertz CT molecular complexity index is 279. The SMILES string of the molecule is CCN(CC1CC1)C(=O)NCC[C@H](O)C(=O)O. The van der Waals surface area contributed by atoms with Crippen LogP contribution in [0.4, 0.5) is 4.79 Å². The molecule has 1 saturated carbocycles. The van der Waals surface area contributed by atoms with Gasteiger partial charge in [0.25, 0.3) is 0 Å². The molecule has 6 nitrogen and oxygen atoms in total. The van der Waals surface area contributed by atoms with E-state index in [4.69, 9.17) is 10.2 Å². The predicted molar refractivity (Wildman–Crippen MR) is 61.6 cm³/mol. The summed E-state index contributed by atoms with van der Waals surface area (Å²) in [7, 11) is 0. The minimum Gasteiger partial charge on any atom is -0.479 e. The second-order valence-corrected chi connectivity index (χ2v) is 4.36. The largest absolute Gasteiger partial charge is 0.479 e. The number of carbonyl (C=O) groups is 2. The van der Waals surface area contributed by atoms with Crippen LogP contribution in [-0.4, -0.2) is 52.9 Å². The third kappa shape index (κ3) is 5.04. The molecule has 0 aliphatic heterocycles. The minimum absolute atomic E-state index is 0.0298. The standard InChI is InChI=1S/C11H20N2O4/c1-2-13(7-8-3-4-8)11(17)12-6-5-9(14)10(15)16/h8-9,14H,2-7H2,1H3,(H,12,17)(H,15,16)/t9-/m0/s1. The monoisotopic (exact) mass is 244 g/mol. The molecule has 0 spiro atoms. The molecule has 1 fully saturated rings. The quantitative estimate of drug-likeness (QED) is 0.599. The van der Waals surface area contributed by atoms with Gasteiger partial charge in [0.1, 0.15) is 0 Å². The van der Waals surface area contributed by atoms with Crippen LogP contribution in [0.2, 0.25) is 0 Å². The molecule has 0 bridgehead atoms. The summed E-state index contributed by atoms with van der Waals surface area (Å²) in [5, 5.41) is 20.1. The van der Waals surface area contributed by atoms with Crippen molar-refractivity contribution in [2.75, 3.05) is 19.6 Å². The molecule has 0 radical (unpaired) electrons. The maximum absolute atomic E-state index is 11.7. The summed E-state index contributed by atoms with van der Waals surface area (Å²) in [4.78, 5) is 23.7. The van der Waals surface area contributed by atoms with E-state index in [1.807, 2.05) is 6.92 Å². The van der Waals surface area contributed by atoms with E-state index in [1.54, 1.807) is 4.90 Å². The molecule has 0 saturated heterocycles. The van der Waals surface area contributed by atoms with Crippen LogP contribution in [0.5, 0.6) is 0 Å². The minimum atomic E-state index is -1.41. The third-order valence-electron chi connectivity index (χ3n) is 2.82. The average Bonchev–Trinajstić information content (AvgIpc) is 3.09. The van der Waals surface area contributed by atoms with Gasteiger partial charge in [0, 0.05) is 26.1 Å². The van der Waals surface area contributed by atoms with Gasteiger partial charge in [0.05, 0.1) is 0 Å². The van der Waals surface area contributed by atoms with Gasteiger partial charge in [0.2, 0.25) is 0 Å². The van der Waals surface area contributed by atoms with Gasteiger partial charge in [-0.3, -0.25) is 0 Å². The van der Waals surface area contributed by atoms with Gasteiger partial charge in [-0.05, 0) is 25.7 Å². The van der Waals surface area contributed by atoms with Crippen molar-refractivity contribution in [2.45, 2.75) is 32.3 Å². The molecule has 0 unspecified atom stereocenters. The Morgan fingerprint density at radius 3 is 2.59 bits per heavy atom. The summed E-state index contributed by atoms with van der Waals surface area (Å²) in [6.07, 6.45) is 0.985. The van der Waals surface area contributed by atoms with E-state index in [1.165, 1.54) is 12.8 Å². The lowest BCUT2D eigenvalue weighted by Crippen LogP contribution is -2.42. The molecule has 17 heavy (non-hydrogen) atoms. The highest BCUT2D eigenvalue weighted by Crippen LogP contribution is 2.29. The van der Waals surface area contributed by atoms with Gasteiger partial charge in [0.15, 0.2) is 6.10 Å². The fourth-order valence-electron chi connectivity index (χ4n) is 1.52. The number of hydrogen-bond donors (Lipinski definition) is 3. The molecule has 0 aromatic heterocycles. The van der Waals surface area contributed by atoms with E-state index < -0.39 is 12.1 Å². The smallest absolute Gasteiger partial charge is 0.332 e. The van der Waals surface area contributed by atoms with Crippen LogP contribution >= 0.6 is 0 Å². The van der Waals surface area contributed by atoms with Crippen molar-refractivity contribution in [2.24, 2.45) is 5.92 Å². The molecule has 0 aromatic rings. The first-order chi connectivity index (χ1) is 8.04. The number of carboxylic acid groups (broad SMARTS) is 1. The maximum atomic E-state index is 11.7. The summed E-state index contributed by atoms with van der Waals surface area (Å²) >= 11 is 0. The molecular formula is C11H20N2O4. The molecule has 0 aromatic carbocycles. The first-order valence-corrected chi connectivity index (χ1v) is 5.98. The first kappa shape index (κ1) is 13.8. The van der Waals surface area contributed by atoms with Crippen molar-refractivity contribution in [3.63, 3.8) is 0 Å². The van der Waals surface area contributed by atoms with Crippen molar-refractivity contribution in [3.8, 4) is 0 Å². The number of nitrogens with one attached hydrogen (secondary N) is 1. The maximum Gasteiger partial charge on any atom is 0.332 e. The lowest BCUT2D eigenvalue weighted by atomic mass is 10.2. The van der Waals surface area contributed by atoms with Gasteiger partial charge >= 0.3 is 12.0 Å². The second kappa shape index (κ2) is 6.44. The van der Waals surface area contributed by atoms with Gasteiger partial charge < -0.3 is 20.4 Å². The van der Waals surface area contributed by atoms with Crippen molar-refractivity contribution >= 4 is 12.0 Å². The number of rotatable bonds is 7. The van der Waals surface area contributed by atoms with Crippen molar-refractivity contribution in [1.29, 1.82) is 0 Å². The summed E-state index contributed by atoms with van der Waals surface area (Å²) in [6, 6.07) is -0.183. The zero-order chi connectivity index (χ0) is 12.8. The molecule has 98 valence electrons. The van der Waals surface area contributed by atoms with Gasteiger partial charge in [-0.1, -0.05) is 0 Å². The number of carbonyl (C=O) groups excluding carboxylic acids is 1. The molecular weight excluding hydrogens is 224 g/mol. The summed E-state index contributed by atoms with van der Waals surface area (Å²) in [5.41, 5.74) is 0.